The lowest BCUT2D eigenvalue weighted by molar-refractivity contribution is -0.142. The highest BCUT2D eigenvalue weighted by atomic mass is 16.4. The summed E-state index contributed by atoms with van der Waals surface area (Å²) in [6, 6.07) is -11.4. The van der Waals surface area contributed by atoms with Gasteiger partial charge in [-0.25, -0.2) is 4.79 Å². The molecule has 0 heterocycles. The number of guanidine groups is 1. The van der Waals surface area contributed by atoms with Crippen molar-refractivity contribution in [1.29, 1.82) is 0 Å². The highest BCUT2D eigenvalue weighted by Gasteiger charge is 2.34. The molecule has 53 heavy (non-hydrogen) atoms. The predicted octanol–water partition coefficient (Wildman–Crippen LogP) is -8.36. The van der Waals surface area contributed by atoms with Gasteiger partial charge >= 0.3 is 5.97 Å². The van der Waals surface area contributed by atoms with Crippen LogP contribution in [0.3, 0.4) is 0 Å². The van der Waals surface area contributed by atoms with Crippen LogP contribution in [0.1, 0.15) is 46.5 Å². The van der Waals surface area contributed by atoms with Crippen LogP contribution in [0.25, 0.3) is 0 Å². The number of aliphatic hydroxyl groups is 4. The summed E-state index contributed by atoms with van der Waals surface area (Å²) in [5.74, 6) is -9.70. The topological polar surface area (TPSA) is 426 Å². The van der Waals surface area contributed by atoms with Crippen LogP contribution >= 0.6 is 0 Å². The molecule has 0 aromatic rings. The number of hydrogen-bond acceptors (Lipinski definition) is 14. The molecule has 0 rings (SSSR count). The zero-order valence-corrected chi connectivity index (χ0v) is 29.6. The summed E-state index contributed by atoms with van der Waals surface area (Å²) in [6.45, 7) is 1.55. The lowest BCUT2D eigenvalue weighted by Gasteiger charge is -2.27. The van der Waals surface area contributed by atoms with Gasteiger partial charge in [-0.3, -0.25) is 38.6 Å². The quantitative estimate of drug-likeness (QED) is 0.0233. The number of primary amides is 1. The lowest BCUT2D eigenvalue weighted by Crippen LogP contribution is -2.61. The van der Waals surface area contributed by atoms with Crippen molar-refractivity contribution in [2.45, 2.75) is 94.9 Å². The molecule has 302 valence electrons. The zero-order chi connectivity index (χ0) is 41.0. The lowest BCUT2D eigenvalue weighted by atomic mass is 10.0. The van der Waals surface area contributed by atoms with Gasteiger partial charge in [-0.05, 0) is 32.1 Å². The number of amides is 7. The van der Waals surface area contributed by atoms with Crippen molar-refractivity contribution < 1.29 is 63.9 Å². The van der Waals surface area contributed by atoms with Crippen molar-refractivity contribution in [2.75, 3.05) is 26.4 Å². The maximum Gasteiger partial charge on any atom is 0.326 e. The molecule has 19 N–H and O–H groups in total. The molecular weight excluding hydrogens is 710 g/mol. The van der Waals surface area contributed by atoms with Gasteiger partial charge in [0.05, 0.1) is 32.3 Å². The number of carbonyl (C=O) groups excluding carboxylic acids is 7. The molecule has 0 aromatic carbocycles. The standard InChI is InChI=1S/C29H53N11O13/c1-12(2)7-15(22(46)38-17(9-41)24(48)35-14(28(52)53)5-4-6-34-29(32)33)36-23(47)16(8-20(30)45)37-25(49)18(10-42)39-26(50)19(11-43)40-27(51)21(31)13(3)44/h12-19,21,41-44H,4-11,31H2,1-3H3,(H2,30,45)(H,35,48)(H,36,47)(H,37,49)(H,38,46)(H,39,50)(H,40,51)(H,52,53)(H4,32,33,34)/t13-,14+,15+,16+,17+,18+,19+,21+/m1/s1. The number of nitrogens with zero attached hydrogens (tertiary/aromatic N) is 1. The van der Waals surface area contributed by atoms with Gasteiger partial charge in [0.15, 0.2) is 5.96 Å². The largest absolute Gasteiger partial charge is 0.480 e. The summed E-state index contributed by atoms with van der Waals surface area (Å²) in [5.41, 5.74) is 21.2. The molecule has 0 unspecified atom stereocenters. The fraction of sp³-hybridized carbons (Fsp3) is 0.690. The number of carboxylic acid groups (broad SMARTS) is 1. The van der Waals surface area contributed by atoms with Gasteiger partial charge in [-0.15, -0.1) is 0 Å². The summed E-state index contributed by atoms with van der Waals surface area (Å²) in [6.07, 6.45) is -2.20. The van der Waals surface area contributed by atoms with Gasteiger partial charge in [0.2, 0.25) is 41.4 Å². The third-order valence-electron chi connectivity index (χ3n) is 7.21. The van der Waals surface area contributed by atoms with E-state index in [1.807, 2.05) is 5.32 Å². The molecule has 0 fully saturated rings. The number of rotatable bonds is 25. The van der Waals surface area contributed by atoms with Gasteiger partial charge in [-0.1, -0.05) is 13.8 Å². The van der Waals surface area contributed by atoms with E-state index in [-0.39, 0.29) is 37.7 Å². The Labute approximate surface area is 304 Å². The number of nitrogens with two attached hydrogens (primary N) is 4. The average molecular weight is 764 g/mol. The van der Waals surface area contributed by atoms with E-state index < -0.39 is 122 Å². The van der Waals surface area contributed by atoms with Crippen LogP contribution in [-0.2, 0) is 38.4 Å². The molecule has 0 spiro atoms. The molecule has 8 atom stereocenters. The van der Waals surface area contributed by atoms with Gasteiger partial charge in [-0.2, -0.15) is 0 Å². The zero-order valence-electron chi connectivity index (χ0n) is 29.6. The van der Waals surface area contributed by atoms with Crippen LogP contribution in [0.15, 0.2) is 4.99 Å². The second-order valence-electron chi connectivity index (χ2n) is 12.3. The monoisotopic (exact) mass is 763 g/mol. The van der Waals surface area contributed by atoms with Crippen molar-refractivity contribution in [2.24, 2.45) is 33.8 Å². The highest BCUT2D eigenvalue weighted by molar-refractivity contribution is 5.98. The third kappa shape index (κ3) is 18.2. The minimum atomic E-state index is -1.82. The van der Waals surface area contributed by atoms with Crippen LogP contribution in [0.5, 0.6) is 0 Å². The fourth-order valence-electron chi connectivity index (χ4n) is 4.31. The van der Waals surface area contributed by atoms with Crippen LogP contribution in [-0.4, -0.2) is 154 Å². The number of aliphatic carboxylic acids is 1. The minimum Gasteiger partial charge on any atom is -0.480 e. The van der Waals surface area contributed by atoms with Crippen LogP contribution < -0.4 is 54.8 Å². The molecule has 0 bridgehead atoms. The van der Waals surface area contributed by atoms with Crippen LogP contribution in [0.4, 0.5) is 0 Å². The number of carbonyl (C=O) groups is 8. The van der Waals surface area contributed by atoms with E-state index in [9.17, 15) is 63.9 Å². The second-order valence-corrected chi connectivity index (χ2v) is 12.3. The van der Waals surface area contributed by atoms with E-state index in [0.29, 0.717) is 0 Å². The Morgan fingerprint density at radius 2 is 0.981 bits per heavy atom. The molecule has 0 aliphatic carbocycles. The summed E-state index contributed by atoms with van der Waals surface area (Å²) in [4.78, 5) is 104. The molecule has 0 saturated carbocycles. The van der Waals surface area contributed by atoms with E-state index in [0.717, 1.165) is 0 Å². The molecule has 24 heteroatoms. The van der Waals surface area contributed by atoms with E-state index in [4.69, 9.17) is 22.9 Å². The Bertz CT molecular complexity index is 1310. The van der Waals surface area contributed by atoms with Crippen molar-refractivity contribution in [3.63, 3.8) is 0 Å². The Balaban J connectivity index is 5.87. The first kappa shape index (κ1) is 47.8. The summed E-state index contributed by atoms with van der Waals surface area (Å²) >= 11 is 0. The highest BCUT2D eigenvalue weighted by Crippen LogP contribution is 2.08. The average Bonchev–Trinajstić information content (AvgIpc) is 3.07. The minimum absolute atomic E-state index is 0.0657. The van der Waals surface area contributed by atoms with Gasteiger partial charge in [0.25, 0.3) is 0 Å². The van der Waals surface area contributed by atoms with Gasteiger partial charge < -0.3 is 80.4 Å². The van der Waals surface area contributed by atoms with E-state index in [1.165, 1.54) is 6.92 Å². The van der Waals surface area contributed by atoms with Gasteiger partial charge in [0.1, 0.15) is 42.3 Å². The van der Waals surface area contributed by atoms with Crippen molar-refractivity contribution in [3.05, 3.63) is 0 Å². The number of aliphatic imine (C=N–C) groups is 1. The number of aliphatic hydroxyl groups excluding tert-OH is 4. The normalized spacial score (nSPS) is 15.5. The second kappa shape index (κ2) is 24.1. The summed E-state index contributed by atoms with van der Waals surface area (Å²) in [7, 11) is 0. The first-order valence-corrected chi connectivity index (χ1v) is 16.3. The van der Waals surface area contributed by atoms with E-state index in [1.54, 1.807) is 13.8 Å². The third-order valence-corrected chi connectivity index (χ3v) is 7.21. The van der Waals surface area contributed by atoms with Crippen molar-refractivity contribution in [3.8, 4) is 0 Å². The van der Waals surface area contributed by atoms with E-state index >= 15 is 0 Å². The molecule has 0 radical (unpaired) electrons. The van der Waals surface area contributed by atoms with Crippen molar-refractivity contribution >= 4 is 53.3 Å². The maximum absolute atomic E-state index is 13.3. The van der Waals surface area contributed by atoms with Crippen LogP contribution in [0.2, 0.25) is 0 Å². The molecular formula is C29H53N11O13. The number of carboxylic acids is 1. The Hall–Kier alpha value is -5.17. The fourth-order valence-corrected chi connectivity index (χ4v) is 4.31. The number of hydrogen-bond donors (Lipinski definition) is 15. The van der Waals surface area contributed by atoms with Gasteiger partial charge in [0, 0.05) is 6.54 Å². The molecule has 0 aliphatic heterocycles. The molecule has 24 nitrogen and oxygen atoms in total. The predicted molar refractivity (Wildman–Crippen MR) is 183 cm³/mol. The molecule has 0 saturated heterocycles. The first-order chi connectivity index (χ1) is 24.7. The molecule has 7 amide bonds. The Morgan fingerprint density at radius 3 is 1.36 bits per heavy atom. The summed E-state index contributed by atoms with van der Waals surface area (Å²) < 4.78 is 0. The SMILES string of the molecule is CC(C)C[C@H](NC(=O)[C@H](CC(N)=O)NC(=O)[C@H](CO)NC(=O)[C@H](CO)NC(=O)[C@@H](N)[C@@H](C)O)C(=O)N[C@@H](CO)C(=O)N[C@@H](CCCN=C(N)N)C(=O)O. The van der Waals surface area contributed by atoms with Crippen molar-refractivity contribution in [1.82, 2.24) is 31.9 Å². The Morgan fingerprint density at radius 1 is 0.604 bits per heavy atom. The maximum atomic E-state index is 13.3. The molecule has 0 aliphatic rings. The molecule has 0 aromatic heterocycles. The number of nitrogens with one attached hydrogen (secondary N) is 6. The summed E-state index contributed by atoms with van der Waals surface area (Å²) in [5, 5.41) is 61.1. The smallest absolute Gasteiger partial charge is 0.326 e. The first-order valence-electron chi connectivity index (χ1n) is 16.3. The van der Waals surface area contributed by atoms with Crippen LogP contribution in [0, 0.1) is 5.92 Å². The Kier molecular flexibility index (Phi) is 21.8. The van der Waals surface area contributed by atoms with E-state index in [2.05, 4.69) is 31.6 Å².